The molecule has 0 N–H and O–H groups in total. The number of hydrogen-bond acceptors (Lipinski definition) is 3. The first-order valence-electron chi connectivity index (χ1n) is 6.78. The molecule has 0 spiro atoms. The summed E-state index contributed by atoms with van der Waals surface area (Å²) in [6, 6.07) is 11.0. The van der Waals surface area contributed by atoms with Crippen LogP contribution in [-0.4, -0.2) is 19.4 Å². The van der Waals surface area contributed by atoms with E-state index >= 15 is 0 Å². The van der Waals surface area contributed by atoms with Gasteiger partial charge in [0.1, 0.15) is 13.2 Å². The summed E-state index contributed by atoms with van der Waals surface area (Å²) in [6.07, 6.45) is 5.41. The van der Waals surface area contributed by atoms with E-state index < -0.39 is 0 Å². The molecular formula is C17H13Cl2NO2. The molecule has 0 aromatic heterocycles. The molecule has 1 aliphatic heterocycles. The molecular weight excluding hydrogens is 321 g/mol. The Kier molecular flexibility index (Phi) is 4.66. The van der Waals surface area contributed by atoms with Crippen molar-refractivity contribution in [2.45, 2.75) is 0 Å². The maximum Gasteiger partial charge on any atom is 0.163 e. The SMILES string of the molecule is Clc1ccc(/C=C\C=Nc2ccc3c(c2)OCCO3)c(Cl)c1. The summed E-state index contributed by atoms with van der Waals surface area (Å²) in [7, 11) is 0. The van der Waals surface area contributed by atoms with Crippen LogP contribution in [0.1, 0.15) is 5.56 Å². The fourth-order valence-corrected chi connectivity index (χ4v) is 2.50. The zero-order chi connectivity index (χ0) is 15.4. The lowest BCUT2D eigenvalue weighted by molar-refractivity contribution is 0.171. The Morgan fingerprint density at radius 1 is 0.955 bits per heavy atom. The summed E-state index contributed by atoms with van der Waals surface area (Å²) in [5.41, 5.74) is 1.69. The Balaban J connectivity index is 1.70. The van der Waals surface area contributed by atoms with Crippen molar-refractivity contribution in [2.75, 3.05) is 13.2 Å². The van der Waals surface area contributed by atoms with Gasteiger partial charge in [0.05, 0.1) is 5.69 Å². The quantitative estimate of drug-likeness (QED) is 0.724. The van der Waals surface area contributed by atoms with Gasteiger partial charge in [-0.15, -0.1) is 0 Å². The van der Waals surface area contributed by atoms with Gasteiger partial charge in [0.2, 0.25) is 0 Å². The zero-order valence-electron chi connectivity index (χ0n) is 11.6. The highest BCUT2D eigenvalue weighted by atomic mass is 35.5. The zero-order valence-corrected chi connectivity index (χ0v) is 13.1. The van der Waals surface area contributed by atoms with Gasteiger partial charge in [-0.2, -0.15) is 0 Å². The Morgan fingerprint density at radius 3 is 2.59 bits per heavy atom. The molecule has 0 saturated carbocycles. The molecule has 0 saturated heterocycles. The highest BCUT2D eigenvalue weighted by molar-refractivity contribution is 6.35. The van der Waals surface area contributed by atoms with Gasteiger partial charge < -0.3 is 9.47 Å². The first kappa shape index (κ1) is 14.9. The Labute approximate surface area is 138 Å². The highest BCUT2D eigenvalue weighted by Crippen LogP contribution is 2.33. The lowest BCUT2D eigenvalue weighted by Gasteiger charge is -2.18. The van der Waals surface area contributed by atoms with Gasteiger partial charge in [0.25, 0.3) is 0 Å². The molecule has 1 aliphatic rings. The second kappa shape index (κ2) is 6.86. The van der Waals surface area contributed by atoms with Crippen LogP contribution in [0.4, 0.5) is 5.69 Å². The van der Waals surface area contributed by atoms with Gasteiger partial charge >= 0.3 is 0 Å². The molecule has 3 nitrogen and oxygen atoms in total. The predicted molar refractivity (Wildman–Crippen MR) is 91.1 cm³/mol. The second-order valence-corrected chi connectivity index (χ2v) is 5.47. The maximum absolute atomic E-state index is 6.09. The van der Waals surface area contributed by atoms with Gasteiger partial charge in [0, 0.05) is 22.3 Å². The lowest BCUT2D eigenvalue weighted by Crippen LogP contribution is -2.14. The first-order valence-corrected chi connectivity index (χ1v) is 7.53. The summed E-state index contributed by atoms with van der Waals surface area (Å²) in [5, 5.41) is 1.23. The molecule has 0 fully saturated rings. The van der Waals surface area contributed by atoms with E-state index in [1.165, 1.54) is 0 Å². The minimum absolute atomic E-state index is 0.565. The summed E-state index contributed by atoms with van der Waals surface area (Å²) in [5.74, 6) is 1.49. The smallest absolute Gasteiger partial charge is 0.163 e. The van der Waals surface area contributed by atoms with Crippen molar-refractivity contribution in [3.8, 4) is 11.5 Å². The minimum atomic E-state index is 0.565. The van der Waals surface area contributed by atoms with E-state index in [4.69, 9.17) is 32.7 Å². The van der Waals surface area contributed by atoms with Crippen molar-refractivity contribution < 1.29 is 9.47 Å². The number of benzene rings is 2. The number of halogens is 2. The lowest BCUT2D eigenvalue weighted by atomic mass is 10.2. The fraction of sp³-hybridized carbons (Fsp3) is 0.118. The van der Waals surface area contributed by atoms with E-state index in [1.54, 1.807) is 18.3 Å². The molecule has 2 aromatic rings. The molecule has 0 amide bonds. The van der Waals surface area contributed by atoms with Crippen LogP contribution in [0, 0.1) is 0 Å². The van der Waals surface area contributed by atoms with Gasteiger partial charge in [-0.05, 0) is 35.9 Å². The van der Waals surface area contributed by atoms with Crippen molar-refractivity contribution in [1.29, 1.82) is 0 Å². The van der Waals surface area contributed by atoms with Crippen molar-refractivity contribution in [3.63, 3.8) is 0 Å². The van der Waals surface area contributed by atoms with E-state index in [-0.39, 0.29) is 0 Å². The Hall–Kier alpha value is -1.97. The van der Waals surface area contributed by atoms with E-state index in [0.29, 0.717) is 23.3 Å². The fourth-order valence-electron chi connectivity index (χ4n) is 2.02. The van der Waals surface area contributed by atoms with Crippen molar-refractivity contribution in [1.82, 2.24) is 0 Å². The summed E-state index contributed by atoms with van der Waals surface area (Å²) >= 11 is 12.0. The normalized spacial score (nSPS) is 13.9. The summed E-state index contributed by atoms with van der Waals surface area (Å²) < 4.78 is 11.0. The molecule has 5 heteroatoms. The minimum Gasteiger partial charge on any atom is -0.486 e. The molecule has 0 bridgehead atoms. The van der Waals surface area contributed by atoms with Crippen molar-refractivity contribution in [2.24, 2.45) is 4.99 Å². The third-order valence-corrected chi connectivity index (χ3v) is 3.64. The van der Waals surface area contributed by atoms with Crippen LogP contribution in [-0.2, 0) is 0 Å². The standard InChI is InChI=1S/C17H13Cl2NO2/c18-13-4-3-12(15(19)10-13)2-1-7-20-14-5-6-16-17(11-14)22-9-8-21-16/h1-7,10-11H,8-9H2/b2-1-,20-7?. The molecule has 2 aromatic carbocycles. The van der Waals surface area contributed by atoms with Crippen molar-refractivity contribution >= 4 is 41.2 Å². The number of ether oxygens (including phenoxy) is 2. The molecule has 0 aliphatic carbocycles. The van der Waals surface area contributed by atoms with E-state index in [0.717, 1.165) is 22.7 Å². The van der Waals surface area contributed by atoms with Gasteiger partial charge in [-0.1, -0.05) is 35.3 Å². The summed E-state index contributed by atoms with van der Waals surface area (Å²) in [6.45, 7) is 1.15. The average molecular weight is 334 g/mol. The Bertz CT molecular complexity index is 741. The number of aliphatic imine (C=N–C) groups is 1. The second-order valence-electron chi connectivity index (χ2n) is 4.63. The monoisotopic (exact) mass is 333 g/mol. The number of fused-ring (bicyclic) bond motifs is 1. The van der Waals surface area contributed by atoms with Crippen LogP contribution in [0.2, 0.25) is 10.0 Å². The molecule has 1 heterocycles. The molecule has 0 unspecified atom stereocenters. The Morgan fingerprint density at radius 2 is 1.77 bits per heavy atom. The largest absolute Gasteiger partial charge is 0.486 e. The molecule has 22 heavy (non-hydrogen) atoms. The van der Waals surface area contributed by atoms with Crippen LogP contribution < -0.4 is 9.47 Å². The third kappa shape index (κ3) is 3.62. The number of rotatable bonds is 3. The number of allylic oxidation sites excluding steroid dienone is 1. The van der Waals surface area contributed by atoms with Crippen LogP contribution in [0.25, 0.3) is 6.08 Å². The molecule has 0 atom stereocenters. The number of hydrogen-bond donors (Lipinski definition) is 0. The molecule has 3 rings (SSSR count). The molecule has 112 valence electrons. The third-order valence-electron chi connectivity index (χ3n) is 3.07. The van der Waals surface area contributed by atoms with E-state index in [2.05, 4.69) is 4.99 Å². The van der Waals surface area contributed by atoms with Gasteiger partial charge in [-0.25, -0.2) is 0 Å². The van der Waals surface area contributed by atoms with Gasteiger partial charge in [-0.3, -0.25) is 4.99 Å². The van der Waals surface area contributed by atoms with Crippen LogP contribution in [0.3, 0.4) is 0 Å². The summed E-state index contributed by atoms with van der Waals surface area (Å²) in [4.78, 5) is 4.36. The molecule has 0 radical (unpaired) electrons. The van der Waals surface area contributed by atoms with Crippen LogP contribution in [0.15, 0.2) is 47.5 Å². The average Bonchev–Trinajstić information content (AvgIpc) is 2.53. The van der Waals surface area contributed by atoms with Crippen LogP contribution >= 0.6 is 23.2 Å². The van der Waals surface area contributed by atoms with Crippen molar-refractivity contribution in [3.05, 3.63) is 58.1 Å². The maximum atomic E-state index is 6.09. The predicted octanol–water partition coefficient (Wildman–Crippen LogP) is 5.18. The van der Waals surface area contributed by atoms with E-state index in [9.17, 15) is 0 Å². The highest BCUT2D eigenvalue weighted by Gasteiger charge is 2.10. The van der Waals surface area contributed by atoms with E-state index in [1.807, 2.05) is 36.4 Å². The first-order chi connectivity index (χ1) is 10.7. The number of nitrogens with zero attached hydrogens (tertiary/aromatic N) is 1. The topological polar surface area (TPSA) is 30.8 Å². The van der Waals surface area contributed by atoms with Gasteiger partial charge in [0.15, 0.2) is 11.5 Å². The van der Waals surface area contributed by atoms with Crippen LogP contribution in [0.5, 0.6) is 11.5 Å².